The summed E-state index contributed by atoms with van der Waals surface area (Å²) in [5.41, 5.74) is 6.50. The summed E-state index contributed by atoms with van der Waals surface area (Å²) in [6.07, 6.45) is -0.201. The number of methoxy groups -OCH3 is 2. The minimum Gasteiger partial charge on any atom is -0.485 e. The number of carbonyl (C=O) groups is 1. The largest absolute Gasteiger partial charge is 0.485 e. The van der Waals surface area contributed by atoms with Crippen LogP contribution in [0.15, 0.2) is 18.2 Å². The van der Waals surface area contributed by atoms with E-state index in [1.165, 1.54) is 7.11 Å². The fraction of sp³-hybridized carbons (Fsp3) is 0.417. The lowest BCUT2D eigenvalue weighted by atomic mass is 10.1. The molecule has 1 aromatic carbocycles. The second kappa shape index (κ2) is 6.10. The van der Waals surface area contributed by atoms with Crippen LogP contribution >= 0.6 is 0 Å². The third kappa shape index (κ3) is 3.35. The standard InChI is InChI=1S/C12H17NO4/c1-8(7-15-2)17-11-9(12(14)16-3)5-4-6-10(11)13/h4-6,8H,7,13H2,1-3H3. The number of ether oxygens (including phenoxy) is 3. The van der Waals surface area contributed by atoms with E-state index >= 15 is 0 Å². The van der Waals surface area contributed by atoms with E-state index in [0.717, 1.165) is 0 Å². The Hall–Kier alpha value is -1.75. The van der Waals surface area contributed by atoms with Gasteiger partial charge in [-0.1, -0.05) is 6.07 Å². The molecule has 0 radical (unpaired) electrons. The van der Waals surface area contributed by atoms with Crippen molar-refractivity contribution in [1.82, 2.24) is 0 Å². The molecule has 0 aliphatic carbocycles. The molecule has 0 amide bonds. The number of hydrogen-bond acceptors (Lipinski definition) is 5. The molecule has 0 bridgehead atoms. The molecule has 5 heteroatoms. The lowest BCUT2D eigenvalue weighted by Crippen LogP contribution is -2.20. The van der Waals surface area contributed by atoms with Gasteiger partial charge in [-0.15, -0.1) is 0 Å². The average Bonchev–Trinajstić information content (AvgIpc) is 2.31. The maximum absolute atomic E-state index is 11.5. The highest BCUT2D eigenvalue weighted by Crippen LogP contribution is 2.28. The van der Waals surface area contributed by atoms with Gasteiger partial charge in [-0.3, -0.25) is 0 Å². The van der Waals surface area contributed by atoms with Crippen LogP contribution in [-0.4, -0.2) is 32.9 Å². The monoisotopic (exact) mass is 239 g/mol. The topological polar surface area (TPSA) is 70.8 Å². The number of esters is 1. The number of rotatable bonds is 5. The van der Waals surface area contributed by atoms with Crippen LogP contribution in [0, 0.1) is 0 Å². The van der Waals surface area contributed by atoms with E-state index in [0.29, 0.717) is 23.6 Å². The van der Waals surface area contributed by atoms with Crippen molar-refractivity contribution in [3.63, 3.8) is 0 Å². The molecule has 94 valence electrons. The average molecular weight is 239 g/mol. The molecule has 0 heterocycles. The van der Waals surface area contributed by atoms with Gasteiger partial charge in [0.2, 0.25) is 0 Å². The smallest absolute Gasteiger partial charge is 0.341 e. The number of hydrogen-bond donors (Lipinski definition) is 1. The highest BCUT2D eigenvalue weighted by Gasteiger charge is 2.17. The molecule has 17 heavy (non-hydrogen) atoms. The number of nitrogens with two attached hydrogens (primary N) is 1. The van der Waals surface area contributed by atoms with E-state index in [-0.39, 0.29) is 6.10 Å². The molecule has 0 aromatic heterocycles. The quantitative estimate of drug-likeness (QED) is 0.622. The maximum Gasteiger partial charge on any atom is 0.341 e. The molecule has 0 aliphatic heterocycles. The van der Waals surface area contributed by atoms with Crippen LogP contribution in [0.3, 0.4) is 0 Å². The van der Waals surface area contributed by atoms with Crippen LogP contribution < -0.4 is 10.5 Å². The van der Waals surface area contributed by atoms with Gasteiger partial charge in [0.05, 0.1) is 19.4 Å². The number of carbonyl (C=O) groups excluding carboxylic acids is 1. The van der Waals surface area contributed by atoms with E-state index in [4.69, 9.17) is 15.2 Å². The van der Waals surface area contributed by atoms with Crippen molar-refractivity contribution in [2.45, 2.75) is 13.0 Å². The Labute approximate surface area is 100 Å². The molecule has 1 rings (SSSR count). The maximum atomic E-state index is 11.5. The summed E-state index contributed by atoms with van der Waals surface area (Å²) in [5, 5.41) is 0. The first-order chi connectivity index (χ1) is 8.10. The van der Waals surface area contributed by atoms with Crippen LogP contribution in [0.2, 0.25) is 0 Å². The lowest BCUT2D eigenvalue weighted by Gasteiger charge is -2.17. The molecule has 5 nitrogen and oxygen atoms in total. The first-order valence-corrected chi connectivity index (χ1v) is 5.22. The normalized spacial score (nSPS) is 11.9. The lowest BCUT2D eigenvalue weighted by molar-refractivity contribution is 0.0583. The molecule has 1 atom stereocenters. The Bertz CT molecular complexity index is 392. The molecule has 1 aromatic rings. The minimum absolute atomic E-state index is 0.201. The Morgan fingerprint density at radius 1 is 1.41 bits per heavy atom. The summed E-state index contributed by atoms with van der Waals surface area (Å²) in [6.45, 7) is 2.24. The van der Waals surface area contributed by atoms with Crippen molar-refractivity contribution in [2.75, 3.05) is 26.6 Å². The van der Waals surface area contributed by atoms with Gasteiger partial charge in [-0.2, -0.15) is 0 Å². The summed E-state index contributed by atoms with van der Waals surface area (Å²) < 4.78 is 15.2. The molecule has 0 saturated heterocycles. The van der Waals surface area contributed by atoms with E-state index in [9.17, 15) is 4.79 Å². The van der Waals surface area contributed by atoms with Crippen LogP contribution in [0.5, 0.6) is 5.75 Å². The van der Waals surface area contributed by atoms with Crippen molar-refractivity contribution >= 4 is 11.7 Å². The number of para-hydroxylation sites is 1. The van der Waals surface area contributed by atoms with Crippen LogP contribution in [0.1, 0.15) is 17.3 Å². The molecular weight excluding hydrogens is 222 g/mol. The molecule has 0 spiro atoms. The van der Waals surface area contributed by atoms with Gasteiger partial charge in [0.15, 0.2) is 5.75 Å². The fourth-order valence-corrected chi connectivity index (χ4v) is 1.43. The predicted molar refractivity (Wildman–Crippen MR) is 64.2 cm³/mol. The molecular formula is C12H17NO4. The number of anilines is 1. The van der Waals surface area contributed by atoms with E-state index in [1.54, 1.807) is 25.3 Å². The zero-order valence-electron chi connectivity index (χ0n) is 10.2. The zero-order valence-corrected chi connectivity index (χ0v) is 10.2. The van der Waals surface area contributed by atoms with E-state index < -0.39 is 5.97 Å². The SMILES string of the molecule is COCC(C)Oc1c(N)cccc1C(=O)OC. The molecule has 2 N–H and O–H groups in total. The minimum atomic E-state index is -0.475. The zero-order chi connectivity index (χ0) is 12.8. The summed E-state index contributed by atoms with van der Waals surface area (Å²) in [4.78, 5) is 11.5. The Balaban J connectivity index is 2.99. The van der Waals surface area contributed by atoms with Crippen molar-refractivity contribution in [2.24, 2.45) is 0 Å². The Morgan fingerprint density at radius 2 is 2.12 bits per heavy atom. The third-order valence-corrected chi connectivity index (χ3v) is 2.17. The van der Waals surface area contributed by atoms with Gasteiger partial charge in [0, 0.05) is 7.11 Å². The van der Waals surface area contributed by atoms with Crippen molar-refractivity contribution in [1.29, 1.82) is 0 Å². The van der Waals surface area contributed by atoms with Crippen LogP contribution in [0.25, 0.3) is 0 Å². The summed E-state index contributed by atoms with van der Waals surface area (Å²) >= 11 is 0. The number of nitrogen functional groups attached to an aromatic ring is 1. The van der Waals surface area contributed by atoms with Crippen LogP contribution in [-0.2, 0) is 9.47 Å². The van der Waals surface area contributed by atoms with Gasteiger partial charge in [0.25, 0.3) is 0 Å². The van der Waals surface area contributed by atoms with E-state index in [1.807, 2.05) is 6.92 Å². The Morgan fingerprint density at radius 3 is 2.71 bits per heavy atom. The summed E-state index contributed by atoms with van der Waals surface area (Å²) in [7, 11) is 2.89. The molecule has 0 fully saturated rings. The van der Waals surface area contributed by atoms with Gasteiger partial charge in [0.1, 0.15) is 11.7 Å². The first kappa shape index (κ1) is 13.3. The first-order valence-electron chi connectivity index (χ1n) is 5.22. The van der Waals surface area contributed by atoms with Gasteiger partial charge < -0.3 is 19.9 Å². The Kier molecular flexibility index (Phi) is 4.78. The highest BCUT2D eigenvalue weighted by atomic mass is 16.5. The van der Waals surface area contributed by atoms with Gasteiger partial charge >= 0.3 is 5.97 Å². The molecule has 1 unspecified atom stereocenters. The fourth-order valence-electron chi connectivity index (χ4n) is 1.43. The van der Waals surface area contributed by atoms with Crippen LogP contribution in [0.4, 0.5) is 5.69 Å². The number of benzene rings is 1. The molecule has 0 saturated carbocycles. The summed E-state index contributed by atoms with van der Waals surface area (Å²) in [5.74, 6) is -0.138. The summed E-state index contributed by atoms with van der Waals surface area (Å²) in [6, 6.07) is 4.95. The van der Waals surface area contributed by atoms with E-state index in [2.05, 4.69) is 4.74 Å². The second-order valence-corrected chi connectivity index (χ2v) is 3.60. The van der Waals surface area contributed by atoms with Gasteiger partial charge in [-0.25, -0.2) is 4.79 Å². The van der Waals surface area contributed by atoms with Crippen molar-refractivity contribution in [3.05, 3.63) is 23.8 Å². The third-order valence-electron chi connectivity index (χ3n) is 2.17. The molecule has 0 aliphatic rings. The van der Waals surface area contributed by atoms with Crippen molar-refractivity contribution < 1.29 is 19.0 Å². The second-order valence-electron chi connectivity index (χ2n) is 3.60. The highest BCUT2D eigenvalue weighted by molar-refractivity contribution is 5.94. The predicted octanol–water partition coefficient (Wildman–Crippen LogP) is 1.47. The van der Waals surface area contributed by atoms with Gasteiger partial charge in [-0.05, 0) is 19.1 Å². The van der Waals surface area contributed by atoms with Crippen molar-refractivity contribution in [3.8, 4) is 5.75 Å².